The van der Waals surface area contributed by atoms with Crippen molar-refractivity contribution in [2.45, 2.75) is 70.6 Å². The van der Waals surface area contributed by atoms with Gasteiger partial charge in [-0.05, 0) is 94.8 Å². The Bertz CT molecular complexity index is 1610. The fourth-order valence-electron chi connectivity index (χ4n) is 5.53. The van der Waals surface area contributed by atoms with E-state index in [1.165, 1.54) is 5.56 Å². The van der Waals surface area contributed by atoms with Gasteiger partial charge in [0.25, 0.3) is 0 Å². The van der Waals surface area contributed by atoms with Crippen molar-refractivity contribution >= 4 is 28.7 Å². The van der Waals surface area contributed by atoms with E-state index in [9.17, 15) is 18.4 Å². The number of nitriles is 1. The largest absolute Gasteiger partial charge is 0.494 e. The number of hydrogen-bond donors (Lipinski definition) is 4. The number of nitrogens with zero attached hydrogens (tertiary/aromatic N) is 3. The number of rotatable bonds is 11. The smallest absolute Gasteiger partial charge is 0.490 e. The van der Waals surface area contributed by atoms with Gasteiger partial charge < -0.3 is 25.8 Å². The first kappa shape index (κ1) is 34.1. The molecular weight excluding hydrogens is 597 g/mol. The number of halogens is 3. The number of anilines is 3. The van der Waals surface area contributed by atoms with E-state index >= 15 is 0 Å². The summed E-state index contributed by atoms with van der Waals surface area (Å²) in [4.78, 5) is 8.90. The number of fused-ring (bicyclic) bond motifs is 1. The molecule has 1 aliphatic rings. The minimum Gasteiger partial charge on any atom is -0.494 e. The number of aryl methyl sites for hydroxylation is 1. The van der Waals surface area contributed by atoms with Gasteiger partial charge in [-0.1, -0.05) is 30.3 Å². The lowest BCUT2D eigenvalue weighted by Crippen LogP contribution is -2.37. The SMILES string of the molecule is CCOc1ccc(Nc2c(C)c(NC3CCC(NCCCc4ccccc4)CC3)c(C#N)c3ccnn23)cc1.O=C(O)C(F)(F)F. The van der Waals surface area contributed by atoms with Crippen LogP contribution in [0.5, 0.6) is 5.75 Å². The quantitative estimate of drug-likeness (QED) is 0.127. The molecule has 1 saturated carbocycles. The Kier molecular flexibility index (Phi) is 11.9. The van der Waals surface area contributed by atoms with E-state index in [2.05, 4.69) is 64.4 Å². The molecular formula is C34H39F3N6O3. The maximum atomic E-state index is 10.6. The Morgan fingerprint density at radius 2 is 1.72 bits per heavy atom. The zero-order chi connectivity index (χ0) is 33.1. The minimum absolute atomic E-state index is 0.335. The Hall–Kier alpha value is -4.76. The van der Waals surface area contributed by atoms with Gasteiger partial charge in [0.2, 0.25) is 0 Å². The van der Waals surface area contributed by atoms with Crippen LogP contribution < -0.4 is 20.7 Å². The molecule has 5 rings (SSSR count). The molecule has 0 unspecified atom stereocenters. The summed E-state index contributed by atoms with van der Waals surface area (Å²) in [5.41, 5.74) is 5.67. The summed E-state index contributed by atoms with van der Waals surface area (Å²) in [6, 6.07) is 23.9. The van der Waals surface area contributed by atoms with Crippen molar-refractivity contribution in [1.82, 2.24) is 14.9 Å². The standard InChI is InChI=1S/C32H38N6O.C2HF3O2/c1-3-39-28-17-15-27(16-18-28)37-32-23(2)31(29(22-33)30-19-21-35-38(30)32)36-26-13-11-25(12-14-26)34-20-7-10-24-8-5-4-6-9-24;3-2(4,5)1(6)7/h4-6,8-9,15-19,21,25-26,34,36-37H,3,7,10-14,20H2,1-2H3;(H,6,7). The van der Waals surface area contributed by atoms with Gasteiger partial charge in [0.1, 0.15) is 23.2 Å². The summed E-state index contributed by atoms with van der Waals surface area (Å²) in [5.74, 6) is -1.06. The molecule has 4 aromatic rings. The molecule has 9 nitrogen and oxygen atoms in total. The van der Waals surface area contributed by atoms with Crippen molar-refractivity contribution in [2.24, 2.45) is 0 Å². The second kappa shape index (κ2) is 16.0. The topological polar surface area (TPSA) is 124 Å². The van der Waals surface area contributed by atoms with E-state index in [0.717, 1.165) is 79.1 Å². The predicted molar refractivity (Wildman–Crippen MR) is 172 cm³/mol. The van der Waals surface area contributed by atoms with Crippen LogP contribution in [0, 0.1) is 18.3 Å². The highest BCUT2D eigenvalue weighted by molar-refractivity contribution is 5.82. The summed E-state index contributed by atoms with van der Waals surface area (Å²) >= 11 is 0. The molecule has 0 aliphatic heterocycles. The highest BCUT2D eigenvalue weighted by atomic mass is 19.4. The first-order valence-corrected chi connectivity index (χ1v) is 15.3. The summed E-state index contributed by atoms with van der Waals surface area (Å²) < 4.78 is 39.1. The van der Waals surface area contributed by atoms with Crippen LogP contribution in [0.2, 0.25) is 0 Å². The molecule has 0 atom stereocenters. The molecule has 0 spiro atoms. The molecule has 12 heteroatoms. The van der Waals surface area contributed by atoms with Gasteiger partial charge >= 0.3 is 12.1 Å². The van der Waals surface area contributed by atoms with E-state index in [1.54, 1.807) is 6.20 Å². The van der Waals surface area contributed by atoms with Gasteiger partial charge in [0.05, 0.1) is 24.0 Å². The van der Waals surface area contributed by atoms with Crippen molar-refractivity contribution < 1.29 is 27.8 Å². The number of carbonyl (C=O) groups is 1. The molecule has 2 aromatic heterocycles. The molecule has 46 heavy (non-hydrogen) atoms. The Labute approximate surface area is 266 Å². The third kappa shape index (κ3) is 9.14. The Balaban J connectivity index is 0.000000617. The third-order valence-corrected chi connectivity index (χ3v) is 7.87. The van der Waals surface area contributed by atoms with E-state index in [0.29, 0.717) is 24.3 Å². The van der Waals surface area contributed by atoms with Crippen LogP contribution in [-0.2, 0) is 11.2 Å². The van der Waals surface area contributed by atoms with Crippen LogP contribution in [0.4, 0.5) is 30.4 Å². The number of alkyl halides is 3. The zero-order valence-electron chi connectivity index (χ0n) is 25.9. The number of carboxylic acids is 1. The summed E-state index contributed by atoms with van der Waals surface area (Å²) in [6.45, 7) is 5.72. The first-order valence-electron chi connectivity index (χ1n) is 15.3. The van der Waals surface area contributed by atoms with Gasteiger partial charge in [0.15, 0.2) is 0 Å². The first-order chi connectivity index (χ1) is 22.1. The summed E-state index contributed by atoms with van der Waals surface area (Å²) in [7, 11) is 0. The highest BCUT2D eigenvalue weighted by Crippen LogP contribution is 2.35. The van der Waals surface area contributed by atoms with Gasteiger partial charge in [-0.3, -0.25) is 0 Å². The van der Waals surface area contributed by atoms with Crippen LogP contribution in [0.25, 0.3) is 5.52 Å². The molecule has 0 bridgehead atoms. The highest BCUT2D eigenvalue weighted by Gasteiger charge is 2.38. The summed E-state index contributed by atoms with van der Waals surface area (Å²) in [5, 5.41) is 32.8. The monoisotopic (exact) mass is 636 g/mol. The van der Waals surface area contributed by atoms with Crippen molar-refractivity contribution in [3.63, 3.8) is 0 Å². The molecule has 1 fully saturated rings. The normalized spacial score (nSPS) is 16.2. The number of nitrogens with one attached hydrogen (secondary N) is 3. The van der Waals surface area contributed by atoms with Gasteiger partial charge in [-0.15, -0.1) is 0 Å². The number of aliphatic carboxylic acids is 1. The van der Waals surface area contributed by atoms with Crippen molar-refractivity contribution in [1.29, 1.82) is 5.26 Å². The van der Waals surface area contributed by atoms with E-state index in [1.807, 2.05) is 41.8 Å². The van der Waals surface area contributed by atoms with Crippen molar-refractivity contribution in [3.8, 4) is 11.8 Å². The maximum absolute atomic E-state index is 10.6. The van der Waals surface area contributed by atoms with Crippen LogP contribution in [0.1, 0.15) is 55.7 Å². The lowest BCUT2D eigenvalue weighted by molar-refractivity contribution is -0.192. The number of ether oxygens (including phenoxy) is 1. The fraction of sp³-hybridized carbons (Fsp3) is 0.382. The van der Waals surface area contributed by atoms with Crippen LogP contribution in [-0.4, -0.2) is 52.1 Å². The van der Waals surface area contributed by atoms with Crippen LogP contribution in [0.3, 0.4) is 0 Å². The lowest BCUT2D eigenvalue weighted by Gasteiger charge is -2.31. The van der Waals surface area contributed by atoms with E-state index < -0.39 is 12.1 Å². The predicted octanol–water partition coefficient (Wildman–Crippen LogP) is 7.24. The van der Waals surface area contributed by atoms with Crippen LogP contribution in [0.15, 0.2) is 66.9 Å². The van der Waals surface area contributed by atoms with Crippen molar-refractivity contribution in [2.75, 3.05) is 23.8 Å². The zero-order valence-corrected chi connectivity index (χ0v) is 25.9. The molecule has 0 radical (unpaired) electrons. The van der Waals surface area contributed by atoms with Crippen LogP contribution >= 0.6 is 0 Å². The second-order valence-corrected chi connectivity index (χ2v) is 11.1. The Morgan fingerprint density at radius 3 is 2.33 bits per heavy atom. The number of hydrogen-bond acceptors (Lipinski definition) is 7. The minimum atomic E-state index is -5.08. The van der Waals surface area contributed by atoms with Gasteiger partial charge in [-0.25, -0.2) is 9.31 Å². The fourth-order valence-corrected chi connectivity index (χ4v) is 5.53. The number of aromatic nitrogens is 2. The molecule has 2 heterocycles. The number of benzene rings is 2. The average molecular weight is 637 g/mol. The third-order valence-electron chi connectivity index (χ3n) is 7.87. The molecule has 1 aliphatic carbocycles. The maximum Gasteiger partial charge on any atom is 0.490 e. The van der Waals surface area contributed by atoms with Crippen molar-refractivity contribution in [3.05, 3.63) is 83.6 Å². The van der Waals surface area contributed by atoms with E-state index in [4.69, 9.17) is 14.6 Å². The molecule has 4 N–H and O–H groups in total. The Morgan fingerprint density at radius 1 is 1.07 bits per heavy atom. The second-order valence-electron chi connectivity index (χ2n) is 11.1. The lowest BCUT2D eigenvalue weighted by atomic mass is 9.90. The van der Waals surface area contributed by atoms with E-state index in [-0.39, 0.29) is 0 Å². The summed E-state index contributed by atoms with van der Waals surface area (Å²) in [6.07, 6.45) is 3.36. The average Bonchev–Trinajstić information content (AvgIpc) is 3.53. The molecule has 0 amide bonds. The molecule has 244 valence electrons. The molecule has 2 aromatic carbocycles. The number of pyridine rings is 1. The number of carboxylic acid groups (broad SMARTS) is 1. The van der Waals surface area contributed by atoms with Gasteiger partial charge in [0, 0.05) is 23.3 Å². The molecule has 0 saturated heterocycles. The van der Waals surface area contributed by atoms with Gasteiger partial charge in [-0.2, -0.15) is 23.5 Å².